The molecule has 0 N–H and O–H groups in total. The summed E-state index contributed by atoms with van der Waals surface area (Å²) in [5, 5.41) is 6.76. The molecular weight excluding hydrogens is 383 g/mol. The van der Waals surface area contributed by atoms with E-state index in [0.29, 0.717) is 17.8 Å². The number of rotatable bonds is 3. The van der Waals surface area contributed by atoms with Crippen LogP contribution in [0.2, 0.25) is 0 Å². The van der Waals surface area contributed by atoms with Gasteiger partial charge in [0.1, 0.15) is 11.6 Å². The average Bonchev–Trinajstić information content (AvgIpc) is 3.17. The van der Waals surface area contributed by atoms with E-state index in [4.69, 9.17) is 9.15 Å². The summed E-state index contributed by atoms with van der Waals surface area (Å²) in [5.41, 5.74) is 2.11. The third kappa shape index (κ3) is 3.12. The number of hydrogen-bond donors (Lipinski definition) is 0. The molecule has 0 saturated carbocycles. The summed E-state index contributed by atoms with van der Waals surface area (Å²) in [6.45, 7) is 4.68. The first-order chi connectivity index (χ1) is 14.5. The average molecular weight is 406 g/mol. The summed E-state index contributed by atoms with van der Waals surface area (Å²) in [7, 11) is 0. The van der Waals surface area contributed by atoms with Gasteiger partial charge in [-0.05, 0) is 49.1 Å². The minimum Gasteiger partial charge on any atom is -0.426 e. The molecule has 5 nitrogen and oxygen atoms in total. The van der Waals surface area contributed by atoms with Gasteiger partial charge in [0, 0.05) is 28.9 Å². The lowest BCUT2D eigenvalue weighted by atomic mass is 9.93. The zero-order chi connectivity index (χ0) is 20.8. The molecule has 0 radical (unpaired) electrons. The van der Waals surface area contributed by atoms with Crippen molar-refractivity contribution in [3.05, 3.63) is 64.6 Å². The molecule has 4 aromatic rings. The molecule has 0 amide bonds. The minimum atomic E-state index is -0.376. The van der Waals surface area contributed by atoms with Gasteiger partial charge in [0.25, 0.3) is 0 Å². The number of nitrogens with zero attached hydrogens (tertiary/aromatic N) is 2. The molecule has 1 aliphatic rings. The van der Waals surface area contributed by atoms with Gasteiger partial charge in [-0.3, -0.25) is 0 Å². The Morgan fingerprint density at radius 1 is 1.13 bits per heavy atom. The van der Waals surface area contributed by atoms with Gasteiger partial charge in [0.05, 0.1) is 17.1 Å². The predicted molar refractivity (Wildman–Crippen MR) is 114 cm³/mol. The quantitative estimate of drug-likeness (QED) is 0.433. The molecule has 3 heterocycles. The Bertz CT molecular complexity index is 1280. The van der Waals surface area contributed by atoms with Crippen molar-refractivity contribution in [2.24, 2.45) is 0 Å². The number of aromatic nitrogens is 2. The van der Waals surface area contributed by atoms with Crippen LogP contribution >= 0.6 is 0 Å². The first-order valence-corrected chi connectivity index (χ1v) is 10.4. The number of benzene rings is 2. The van der Waals surface area contributed by atoms with Crippen molar-refractivity contribution in [2.45, 2.75) is 45.3 Å². The van der Waals surface area contributed by atoms with Crippen LogP contribution in [-0.2, 0) is 4.74 Å². The van der Waals surface area contributed by atoms with E-state index in [9.17, 15) is 9.18 Å². The maximum absolute atomic E-state index is 13.5. The Hall–Kier alpha value is -2.99. The normalized spacial score (nSPS) is 17.3. The molecule has 1 atom stereocenters. The second-order valence-electron chi connectivity index (χ2n) is 8.16. The second kappa shape index (κ2) is 7.36. The molecule has 1 saturated heterocycles. The lowest BCUT2D eigenvalue weighted by molar-refractivity contribution is -0.0366. The Morgan fingerprint density at radius 3 is 2.63 bits per heavy atom. The molecule has 0 spiro atoms. The van der Waals surface area contributed by atoms with Crippen LogP contribution in [0.1, 0.15) is 51.0 Å². The molecule has 30 heavy (non-hydrogen) atoms. The largest absolute Gasteiger partial charge is 0.426 e. The molecule has 0 aliphatic carbocycles. The van der Waals surface area contributed by atoms with E-state index >= 15 is 0 Å². The standard InChI is InChI=1S/C24H23FN2O3/c1-14(2)23-22(15-6-8-17(25)9-7-15)18-11-16-13-26-27(21-5-3-4-10-29-21)20(16)12-19(18)24(28)30-23/h6-9,11-14,21H,3-5,10H2,1-2H3. The summed E-state index contributed by atoms with van der Waals surface area (Å²) in [4.78, 5) is 12.9. The fourth-order valence-electron chi connectivity index (χ4n) is 4.27. The summed E-state index contributed by atoms with van der Waals surface area (Å²) < 4.78 is 27.1. The van der Waals surface area contributed by atoms with Crippen molar-refractivity contribution in [3.8, 4) is 11.1 Å². The highest BCUT2D eigenvalue weighted by atomic mass is 19.1. The first kappa shape index (κ1) is 19.0. The second-order valence-corrected chi connectivity index (χ2v) is 8.16. The van der Waals surface area contributed by atoms with Crippen LogP contribution in [0.25, 0.3) is 32.8 Å². The molecule has 0 bridgehead atoms. The van der Waals surface area contributed by atoms with Crippen LogP contribution in [0.15, 0.2) is 51.8 Å². The Kier molecular flexibility index (Phi) is 4.66. The SMILES string of the molecule is CC(C)c1oc(=O)c2cc3c(cnn3C3CCCCO3)cc2c1-c1ccc(F)cc1. The van der Waals surface area contributed by atoms with Gasteiger partial charge >= 0.3 is 5.63 Å². The van der Waals surface area contributed by atoms with E-state index in [1.165, 1.54) is 12.1 Å². The number of halogens is 1. The van der Waals surface area contributed by atoms with Crippen molar-refractivity contribution in [1.29, 1.82) is 0 Å². The monoisotopic (exact) mass is 406 g/mol. The van der Waals surface area contributed by atoms with E-state index in [0.717, 1.165) is 46.7 Å². The molecule has 2 aromatic heterocycles. The van der Waals surface area contributed by atoms with Crippen LogP contribution in [0.3, 0.4) is 0 Å². The van der Waals surface area contributed by atoms with E-state index in [1.807, 2.05) is 36.9 Å². The molecule has 1 aliphatic heterocycles. The summed E-state index contributed by atoms with van der Waals surface area (Å²) in [6, 6.07) is 10.1. The van der Waals surface area contributed by atoms with Gasteiger partial charge in [-0.25, -0.2) is 13.9 Å². The van der Waals surface area contributed by atoms with Crippen LogP contribution in [0.5, 0.6) is 0 Å². The van der Waals surface area contributed by atoms with Crippen LogP contribution in [0, 0.1) is 5.82 Å². The van der Waals surface area contributed by atoms with Crippen molar-refractivity contribution in [3.63, 3.8) is 0 Å². The lowest BCUT2D eigenvalue weighted by Gasteiger charge is -2.23. The van der Waals surface area contributed by atoms with E-state index < -0.39 is 0 Å². The van der Waals surface area contributed by atoms with Crippen molar-refractivity contribution in [2.75, 3.05) is 6.61 Å². The minimum absolute atomic E-state index is 0.00351. The van der Waals surface area contributed by atoms with Crippen LogP contribution in [0.4, 0.5) is 4.39 Å². The predicted octanol–water partition coefficient (Wildman–Crippen LogP) is 5.77. The molecule has 2 aromatic carbocycles. The topological polar surface area (TPSA) is 57.3 Å². The van der Waals surface area contributed by atoms with Crippen LogP contribution in [-0.4, -0.2) is 16.4 Å². The van der Waals surface area contributed by atoms with E-state index in [1.54, 1.807) is 12.1 Å². The van der Waals surface area contributed by atoms with Crippen LogP contribution < -0.4 is 5.63 Å². The third-order valence-corrected chi connectivity index (χ3v) is 5.76. The van der Waals surface area contributed by atoms with Crippen molar-refractivity contribution >= 4 is 21.7 Å². The maximum Gasteiger partial charge on any atom is 0.343 e. The Labute approximate surface area is 173 Å². The lowest BCUT2D eigenvalue weighted by Crippen LogP contribution is -2.19. The molecule has 5 rings (SSSR count). The van der Waals surface area contributed by atoms with E-state index in [2.05, 4.69) is 5.10 Å². The molecule has 154 valence electrons. The van der Waals surface area contributed by atoms with Gasteiger partial charge in [0.15, 0.2) is 6.23 Å². The number of ether oxygens (including phenoxy) is 1. The maximum atomic E-state index is 13.5. The van der Waals surface area contributed by atoms with Crippen molar-refractivity contribution < 1.29 is 13.5 Å². The highest BCUT2D eigenvalue weighted by Gasteiger charge is 2.22. The van der Waals surface area contributed by atoms with Crippen molar-refractivity contribution in [1.82, 2.24) is 9.78 Å². The molecule has 1 unspecified atom stereocenters. The highest BCUT2D eigenvalue weighted by Crippen LogP contribution is 2.37. The zero-order valence-electron chi connectivity index (χ0n) is 17.0. The van der Waals surface area contributed by atoms with E-state index in [-0.39, 0.29) is 23.6 Å². The molecular formula is C24H23FN2O3. The summed E-state index contributed by atoms with van der Waals surface area (Å²) >= 11 is 0. The molecule has 6 heteroatoms. The Balaban J connectivity index is 1.79. The summed E-state index contributed by atoms with van der Waals surface area (Å²) in [5.74, 6) is 0.292. The number of hydrogen-bond acceptors (Lipinski definition) is 4. The van der Waals surface area contributed by atoms with Gasteiger partial charge in [0.2, 0.25) is 0 Å². The van der Waals surface area contributed by atoms with Gasteiger partial charge in [-0.15, -0.1) is 0 Å². The fraction of sp³-hybridized carbons (Fsp3) is 0.333. The third-order valence-electron chi connectivity index (χ3n) is 5.76. The number of fused-ring (bicyclic) bond motifs is 2. The smallest absolute Gasteiger partial charge is 0.343 e. The van der Waals surface area contributed by atoms with Gasteiger partial charge in [-0.2, -0.15) is 5.10 Å². The highest BCUT2D eigenvalue weighted by molar-refractivity contribution is 6.04. The van der Waals surface area contributed by atoms with Gasteiger partial charge < -0.3 is 9.15 Å². The first-order valence-electron chi connectivity index (χ1n) is 10.4. The fourth-order valence-corrected chi connectivity index (χ4v) is 4.27. The van der Waals surface area contributed by atoms with Gasteiger partial charge in [-0.1, -0.05) is 26.0 Å². The molecule has 1 fully saturated rings. The zero-order valence-corrected chi connectivity index (χ0v) is 17.0. The Morgan fingerprint density at radius 2 is 1.93 bits per heavy atom. The summed E-state index contributed by atoms with van der Waals surface area (Å²) in [6.07, 6.45) is 4.74.